The van der Waals surface area contributed by atoms with Crippen LogP contribution in [-0.4, -0.2) is 28.3 Å². The maximum Gasteiger partial charge on any atom is 0.178 e. The molecule has 2 rings (SSSR count). The maximum absolute atomic E-state index is 12.8. The maximum atomic E-state index is 12.8. The van der Waals surface area contributed by atoms with E-state index in [0.29, 0.717) is 10.8 Å². The Balaban J connectivity index is 2.37. The van der Waals surface area contributed by atoms with Crippen LogP contribution in [-0.2, 0) is 9.84 Å². The quantitative estimate of drug-likeness (QED) is 0.748. The second kappa shape index (κ2) is 7.35. The molecular formula is C19H27NO2S. The van der Waals surface area contributed by atoms with E-state index in [-0.39, 0.29) is 5.75 Å². The molecule has 0 amide bonds. The van der Waals surface area contributed by atoms with E-state index >= 15 is 0 Å². The summed E-state index contributed by atoms with van der Waals surface area (Å²) in [6, 6.07) is 11.4. The van der Waals surface area contributed by atoms with E-state index in [0.717, 1.165) is 35.7 Å². The second-order valence-corrected chi connectivity index (χ2v) is 8.57. The summed E-state index contributed by atoms with van der Waals surface area (Å²) < 4.78 is 25.6. The third-order valence-electron chi connectivity index (χ3n) is 4.48. The number of anilines is 1. The van der Waals surface area contributed by atoms with Crippen LogP contribution in [0.4, 0.5) is 5.69 Å². The van der Waals surface area contributed by atoms with Crippen LogP contribution in [0.5, 0.6) is 0 Å². The van der Waals surface area contributed by atoms with Gasteiger partial charge in [-0.2, -0.15) is 0 Å². The lowest BCUT2D eigenvalue weighted by Crippen LogP contribution is -2.11. The molecule has 0 aliphatic carbocycles. The fraction of sp³-hybridized carbons (Fsp3) is 0.474. The van der Waals surface area contributed by atoms with Crippen molar-refractivity contribution in [3.63, 3.8) is 0 Å². The summed E-state index contributed by atoms with van der Waals surface area (Å²) in [5, 5.41) is 1.81. The van der Waals surface area contributed by atoms with Crippen LogP contribution in [0.1, 0.15) is 33.1 Å². The van der Waals surface area contributed by atoms with Gasteiger partial charge in [-0.15, -0.1) is 0 Å². The van der Waals surface area contributed by atoms with E-state index in [2.05, 4.69) is 13.8 Å². The van der Waals surface area contributed by atoms with Crippen molar-refractivity contribution in [1.82, 2.24) is 0 Å². The topological polar surface area (TPSA) is 37.4 Å². The molecule has 0 bridgehead atoms. The molecule has 0 radical (unpaired) electrons. The molecule has 2 aromatic rings. The Morgan fingerprint density at radius 3 is 2.35 bits per heavy atom. The second-order valence-electron chi connectivity index (χ2n) is 6.50. The van der Waals surface area contributed by atoms with Crippen LogP contribution in [0.2, 0.25) is 0 Å². The highest BCUT2D eigenvalue weighted by Gasteiger charge is 2.18. The van der Waals surface area contributed by atoms with E-state index < -0.39 is 9.84 Å². The number of rotatable bonds is 7. The van der Waals surface area contributed by atoms with Gasteiger partial charge in [0.15, 0.2) is 9.84 Å². The Kier molecular flexibility index (Phi) is 5.69. The predicted octanol–water partition coefficient (Wildman–Crippen LogP) is 4.51. The smallest absolute Gasteiger partial charge is 0.178 e. The molecule has 1 atom stereocenters. The summed E-state index contributed by atoms with van der Waals surface area (Å²) in [5.74, 6) is 0.806. The van der Waals surface area contributed by atoms with Crippen LogP contribution in [0.3, 0.4) is 0 Å². The Labute approximate surface area is 140 Å². The summed E-state index contributed by atoms with van der Waals surface area (Å²) in [7, 11) is 0.697. The number of hydrogen-bond donors (Lipinski definition) is 0. The SMILES string of the molecule is CCC(C)CCCS(=O)(=O)c1cccc2c(N(C)C)cccc12. The minimum Gasteiger partial charge on any atom is -0.377 e. The molecule has 0 aromatic heterocycles. The first kappa shape index (κ1) is 17.8. The van der Waals surface area contributed by atoms with Crippen molar-refractivity contribution < 1.29 is 8.42 Å². The van der Waals surface area contributed by atoms with E-state index in [1.165, 1.54) is 0 Å². The molecule has 0 fully saturated rings. The first-order valence-electron chi connectivity index (χ1n) is 8.28. The fourth-order valence-corrected chi connectivity index (χ4v) is 4.43. The van der Waals surface area contributed by atoms with Crippen molar-refractivity contribution in [3.8, 4) is 0 Å². The van der Waals surface area contributed by atoms with Crippen LogP contribution in [0, 0.1) is 5.92 Å². The molecular weight excluding hydrogens is 306 g/mol. The number of sulfone groups is 1. The molecule has 0 aliphatic rings. The van der Waals surface area contributed by atoms with Gasteiger partial charge in [-0.25, -0.2) is 8.42 Å². The predicted molar refractivity (Wildman–Crippen MR) is 99.0 cm³/mol. The van der Waals surface area contributed by atoms with Gasteiger partial charge < -0.3 is 4.90 Å². The van der Waals surface area contributed by atoms with Crippen LogP contribution in [0.15, 0.2) is 41.3 Å². The minimum absolute atomic E-state index is 0.225. The molecule has 3 nitrogen and oxygen atoms in total. The minimum atomic E-state index is -3.25. The third kappa shape index (κ3) is 4.05. The molecule has 0 heterocycles. The van der Waals surface area contributed by atoms with Crippen molar-refractivity contribution >= 4 is 26.3 Å². The summed E-state index contributed by atoms with van der Waals surface area (Å²) in [5.41, 5.74) is 1.04. The van der Waals surface area contributed by atoms with Crippen molar-refractivity contribution in [2.45, 2.75) is 38.0 Å². The normalized spacial score (nSPS) is 13.2. The average Bonchev–Trinajstić information content (AvgIpc) is 2.53. The van der Waals surface area contributed by atoms with Gasteiger partial charge in [0.05, 0.1) is 10.6 Å². The molecule has 2 aromatic carbocycles. The summed E-state index contributed by atoms with van der Waals surface area (Å²) in [6.45, 7) is 4.32. The molecule has 0 N–H and O–H groups in total. The van der Waals surface area contributed by atoms with Gasteiger partial charge in [-0.05, 0) is 30.9 Å². The molecule has 4 heteroatoms. The van der Waals surface area contributed by atoms with Crippen LogP contribution in [0.25, 0.3) is 10.8 Å². The van der Waals surface area contributed by atoms with Crippen LogP contribution >= 0.6 is 0 Å². The van der Waals surface area contributed by atoms with Crippen molar-refractivity contribution in [3.05, 3.63) is 36.4 Å². The van der Waals surface area contributed by atoms with E-state index in [1.807, 2.05) is 49.3 Å². The Morgan fingerprint density at radius 1 is 1.04 bits per heavy atom. The molecule has 126 valence electrons. The monoisotopic (exact) mass is 333 g/mol. The standard InChI is InChI=1S/C19H27NO2S/c1-5-15(2)9-8-14-23(21,22)19-13-7-10-16-17(19)11-6-12-18(16)20(3)4/h6-7,10-13,15H,5,8-9,14H2,1-4H3. The summed E-state index contributed by atoms with van der Waals surface area (Å²) in [6.07, 6.45) is 2.78. The average molecular weight is 333 g/mol. The van der Waals surface area contributed by atoms with Gasteiger partial charge in [0.2, 0.25) is 0 Å². The van der Waals surface area contributed by atoms with Gasteiger partial charge in [-0.3, -0.25) is 0 Å². The molecule has 0 saturated heterocycles. The van der Waals surface area contributed by atoms with Gasteiger partial charge >= 0.3 is 0 Å². The van der Waals surface area contributed by atoms with Crippen molar-refractivity contribution in [2.75, 3.05) is 24.7 Å². The Bertz CT molecular complexity index is 766. The zero-order valence-corrected chi connectivity index (χ0v) is 15.4. The first-order chi connectivity index (χ1) is 10.9. The molecule has 0 aliphatic heterocycles. The molecule has 23 heavy (non-hydrogen) atoms. The molecule has 1 unspecified atom stereocenters. The highest BCUT2D eigenvalue weighted by molar-refractivity contribution is 7.91. The molecule has 0 spiro atoms. The Morgan fingerprint density at radius 2 is 1.70 bits per heavy atom. The fourth-order valence-electron chi connectivity index (χ4n) is 2.86. The highest BCUT2D eigenvalue weighted by atomic mass is 32.2. The lowest BCUT2D eigenvalue weighted by atomic mass is 10.0. The van der Waals surface area contributed by atoms with Crippen molar-refractivity contribution in [1.29, 1.82) is 0 Å². The van der Waals surface area contributed by atoms with Gasteiger partial charge in [0.25, 0.3) is 0 Å². The van der Waals surface area contributed by atoms with Crippen LogP contribution < -0.4 is 4.90 Å². The van der Waals surface area contributed by atoms with E-state index in [9.17, 15) is 8.42 Å². The highest BCUT2D eigenvalue weighted by Crippen LogP contribution is 2.31. The number of benzene rings is 2. The summed E-state index contributed by atoms with van der Waals surface area (Å²) in [4.78, 5) is 2.48. The van der Waals surface area contributed by atoms with Gasteiger partial charge in [-0.1, -0.05) is 44.5 Å². The van der Waals surface area contributed by atoms with E-state index in [4.69, 9.17) is 0 Å². The van der Waals surface area contributed by atoms with E-state index in [1.54, 1.807) is 6.07 Å². The van der Waals surface area contributed by atoms with Gasteiger partial charge in [0.1, 0.15) is 0 Å². The largest absolute Gasteiger partial charge is 0.377 e. The first-order valence-corrected chi connectivity index (χ1v) is 9.94. The zero-order valence-electron chi connectivity index (χ0n) is 14.5. The number of hydrogen-bond acceptors (Lipinski definition) is 3. The lowest BCUT2D eigenvalue weighted by Gasteiger charge is -2.17. The Hall–Kier alpha value is -1.55. The number of nitrogens with zero attached hydrogens (tertiary/aromatic N) is 1. The molecule has 0 saturated carbocycles. The van der Waals surface area contributed by atoms with Crippen molar-refractivity contribution in [2.24, 2.45) is 5.92 Å². The zero-order chi connectivity index (χ0) is 17.0. The lowest BCUT2D eigenvalue weighted by molar-refractivity contribution is 0.506. The summed E-state index contributed by atoms with van der Waals surface area (Å²) >= 11 is 0. The van der Waals surface area contributed by atoms with Gasteiger partial charge in [0, 0.05) is 30.6 Å². The third-order valence-corrected chi connectivity index (χ3v) is 6.34. The number of fused-ring (bicyclic) bond motifs is 1.